The van der Waals surface area contributed by atoms with E-state index in [9.17, 15) is 43.5 Å². The monoisotopic (exact) mass is 648 g/mol. The summed E-state index contributed by atoms with van der Waals surface area (Å²) in [6, 6.07) is -10.2. The molecule has 45 heavy (non-hydrogen) atoms. The van der Waals surface area contributed by atoms with Gasteiger partial charge >= 0.3 is 5.97 Å². The molecule has 0 unspecified atom stereocenters. The van der Waals surface area contributed by atoms with E-state index in [-0.39, 0.29) is 12.3 Å². The SMILES string of the molecule is CC(C)C[C@H](NC(=O)[C@H](CC(N)=O)NC(=O)[C@H](CO)NC(=O)[C@H](C)NC(=O)[C@@H](N)CO)C(=O)N[C@@H](C)C(=O)N[C@@H](CO)C(=O)O. The Bertz CT molecular complexity index is 1090. The van der Waals surface area contributed by atoms with Crippen molar-refractivity contribution in [1.82, 2.24) is 31.9 Å². The second-order valence-corrected chi connectivity index (χ2v) is 10.5. The van der Waals surface area contributed by atoms with Crippen LogP contribution in [-0.4, -0.2) is 130 Å². The molecule has 20 nitrogen and oxygen atoms in total. The molecule has 0 saturated carbocycles. The highest BCUT2D eigenvalue weighted by molar-refractivity contribution is 5.98. The van der Waals surface area contributed by atoms with Crippen LogP contribution in [0.4, 0.5) is 0 Å². The minimum absolute atomic E-state index is 0.0103. The molecule has 0 fully saturated rings. The number of aliphatic carboxylic acids is 1. The van der Waals surface area contributed by atoms with Crippen molar-refractivity contribution in [2.75, 3.05) is 19.8 Å². The predicted molar refractivity (Wildman–Crippen MR) is 153 cm³/mol. The van der Waals surface area contributed by atoms with Crippen molar-refractivity contribution in [2.24, 2.45) is 17.4 Å². The van der Waals surface area contributed by atoms with Crippen molar-refractivity contribution in [1.29, 1.82) is 0 Å². The van der Waals surface area contributed by atoms with Gasteiger partial charge in [0, 0.05) is 0 Å². The molecule has 0 aliphatic heterocycles. The van der Waals surface area contributed by atoms with E-state index in [0.29, 0.717) is 0 Å². The molecule has 20 heteroatoms. The molecule has 0 aliphatic carbocycles. The largest absolute Gasteiger partial charge is 0.480 e. The number of carbonyl (C=O) groups is 8. The second-order valence-electron chi connectivity index (χ2n) is 10.5. The van der Waals surface area contributed by atoms with Gasteiger partial charge in [-0.25, -0.2) is 4.79 Å². The molecule has 256 valence electrons. The van der Waals surface area contributed by atoms with Crippen LogP contribution in [0.5, 0.6) is 0 Å². The third kappa shape index (κ3) is 14.8. The molecule has 0 aliphatic rings. The molecule has 0 rings (SSSR count). The molecule has 7 amide bonds. The van der Waals surface area contributed by atoms with E-state index in [1.165, 1.54) is 13.8 Å². The highest BCUT2D eigenvalue weighted by Crippen LogP contribution is 2.07. The second kappa shape index (κ2) is 19.8. The molecule has 0 saturated heterocycles. The molecule has 0 spiro atoms. The van der Waals surface area contributed by atoms with Crippen molar-refractivity contribution >= 4 is 47.3 Å². The Labute approximate surface area is 258 Å². The van der Waals surface area contributed by atoms with Crippen LogP contribution in [0.15, 0.2) is 0 Å². The maximum absolute atomic E-state index is 13.1. The first kappa shape index (κ1) is 40.6. The van der Waals surface area contributed by atoms with Gasteiger partial charge in [-0.2, -0.15) is 0 Å². The lowest BCUT2D eigenvalue weighted by Crippen LogP contribution is -2.60. The summed E-state index contributed by atoms with van der Waals surface area (Å²) in [6.07, 6.45) is -0.752. The Morgan fingerprint density at radius 1 is 0.556 bits per heavy atom. The van der Waals surface area contributed by atoms with Gasteiger partial charge in [0.05, 0.1) is 26.2 Å². The van der Waals surface area contributed by atoms with E-state index in [1.807, 2.05) is 5.32 Å². The van der Waals surface area contributed by atoms with Crippen LogP contribution in [-0.2, 0) is 38.4 Å². The van der Waals surface area contributed by atoms with Gasteiger partial charge in [0.25, 0.3) is 0 Å². The van der Waals surface area contributed by atoms with Crippen molar-refractivity contribution in [3.63, 3.8) is 0 Å². The van der Waals surface area contributed by atoms with Crippen molar-refractivity contribution in [2.45, 2.75) is 82.8 Å². The zero-order chi connectivity index (χ0) is 35.0. The highest BCUT2D eigenvalue weighted by Gasteiger charge is 2.33. The van der Waals surface area contributed by atoms with E-state index >= 15 is 0 Å². The fraction of sp³-hybridized carbons (Fsp3) is 0.680. The van der Waals surface area contributed by atoms with Crippen LogP contribution in [0.25, 0.3) is 0 Å². The number of nitrogens with one attached hydrogen (secondary N) is 6. The lowest BCUT2D eigenvalue weighted by molar-refractivity contribution is -0.143. The van der Waals surface area contributed by atoms with E-state index in [2.05, 4.69) is 26.6 Å². The van der Waals surface area contributed by atoms with Gasteiger partial charge in [0.15, 0.2) is 0 Å². The number of hydrogen-bond acceptors (Lipinski definition) is 12. The minimum atomic E-state index is -1.69. The number of rotatable bonds is 20. The standard InChI is InChI=1S/C25H44N8O12/c1-10(2)5-14(22(41)29-12(4)20(39)33-17(9-36)25(44)45)30-23(42)15(6-18(27)37)31-24(43)16(8-35)32-19(38)11(3)28-21(40)13(26)7-34/h10-17,34-36H,5-9,26H2,1-4H3,(H2,27,37)(H,28,40)(H,29,41)(H,30,42)(H,31,43)(H,32,38)(H,33,39)(H,44,45)/t11-,12-,13-,14-,15-,16-,17-/m0/s1. The average Bonchev–Trinajstić information content (AvgIpc) is 2.95. The average molecular weight is 649 g/mol. The van der Waals surface area contributed by atoms with Crippen LogP contribution in [0.3, 0.4) is 0 Å². The Balaban J connectivity index is 5.67. The molecular weight excluding hydrogens is 604 g/mol. The molecule has 0 aromatic carbocycles. The number of amides is 7. The quantitative estimate of drug-likeness (QED) is 0.0585. The zero-order valence-corrected chi connectivity index (χ0v) is 25.4. The lowest BCUT2D eigenvalue weighted by Gasteiger charge is -2.26. The smallest absolute Gasteiger partial charge is 0.328 e. The number of carboxylic acid groups (broad SMARTS) is 1. The van der Waals surface area contributed by atoms with Crippen LogP contribution >= 0.6 is 0 Å². The summed E-state index contributed by atoms with van der Waals surface area (Å²) in [7, 11) is 0. The van der Waals surface area contributed by atoms with E-state index < -0.39 is 116 Å². The molecular formula is C25H44N8O12. The van der Waals surface area contributed by atoms with Gasteiger partial charge in [-0.05, 0) is 26.2 Å². The Hall–Kier alpha value is -4.40. The summed E-state index contributed by atoms with van der Waals surface area (Å²) < 4.78 is 0. The van der Waals surface area contributed by atoms with E-state index in [0.717, 1.165) is 0 Å². The number of carboxylic acids is 1. The summed E-state index contributed by atoms with van der Waals surface area (Å²) in [5.41, 5.74) is 10.6. The molecule has 0 bridgehead atoms. The Kier molecular flexibility index (Phi) is 17.9. The highest BCUT2D eigenvalue weighted by atomic mass is 16.4. The van der Waals surface area contributed by atoms with E-state index in [1.54, 1.807) is 13.8 Å². The number of nitrogens with two attached hydrogens (primary N) is 2. The van der Waals surface area contributed by atoms with Gasteiger partial charge in [0.2, 0.25) is 41.4 Å². The number of primary amides is 1. The fourth-order valence-corrected chi connectivity index (χ4v) is 3.48. The number of aliphatic hydroxyl groups is 3. The summed E-state index contributed by atoms with van der Waals surface area (Å²) in [6.45, 7) is 3.29. The van der Waals surface area contributed by atoms with Crippen molar-refractivity contribution in [3.05, 3.63) is 0 Å². The molecule has 7 atom stereocenters. The van der Waals surface area contributed by atoms with Gasteiger partial charge in [0.1, 0.15) is 42.3 Å². The number of aliphatic hydroxyl groups excluding tert-OH is 3. The fourth-order valence-electron chi connectivity index (χ4n) is 3.48. The lowest BCUT2D eigenvalue weighted by atomic mass is 10.0. The maximum atomic E-state index is 13.1. The first-order valence-corrected chi connectivity index (χ1v) is 13.8. The first-order chi connectivity index (χ1) is 20.9. The third-order valence-electron chi connectivity index (χ3n) is 6.03. The maximum Gasteiger partial charge on any atom is 0.328 e. The Morgan fingerprint density at radius 2 is 0.956 bits per heavy atom. The van der Waals surface area contributed by atoms with Gasteiger partial charge in [-0.1, -0.05) is 13.8 Å². The van der Waals surface area contributed by atoms with E-state index in [4.69, 9.17) is 26.8 Å². The summed E-state index contributed by atoms with van der Waals surface area (Å²) in [5.74, 6) is -8.58. The number of carbonyl (C=O) groups excluding carboxylic acids is 7. The van der Waals surface area contributed by atoms with Crippen LogP contribution in [0.1, 0.15) is 40.5 Å². The van der Waals surface area contributed by atoms with Gasteiger partial charge in [-0.15, -0.1) is 0 Å². The summed E-state index contributed by atoms with van der Waals surface area (Å²) in [5, 5.41) is 49.9. The van der Waals surface area contributed by atoms with Crippen LogP contribution in [0, 0.1) is 5.92 Å². The van der Waals surface area contributed by atoms with Crippen molar-refractivity contribution < 1.29 is 58.8 Å². The molecule has 0 aromatic heterocycles. The van der Waals surface area contributed by atoms with Gasteiger partial charge < -0.3 is 63.8 Å². The molecule has 0 heterocycles. The summed E-state index contributed by atoms with van der Waals surface area (Å²) >= 11 is 0. The minimum Gasteiger partial charge on any atom is -0.480 e. The van der Waals surface area contributed by atoms with Crippen LogP contribution in [0.2, 0.25) is 0 Å². The number of hydrogen-bond donors (Lipinski definition) is 12. The first-order valence-electron chi connectivity index (χ1n) is 13.8. The normalized spacial score (nSPS) is 15.6. The van der Waals surface area contributed by atoms with Crippen LogP contribution < -0.4 is 43.4 Å². The predicted octanol–water partition coefficient (Wildman–Crippen LogP) is -6.75. The van der Waals surface area contributed by atoms with Crippen molar-refractivity contribution in [3.8, 4) is 0 Å². The Morgan fingerprint density at radius 3 is 1.38 bits per heavy atom. The third-order valence-corrected chi connectivity index (χ3v) is 6.03. The zero-order valence-electron chi connectivity index (χ0n) is 25.4. The molecule has 14 N–H and O–H groups in total. The molecule has 0 aromatic rings. The summed E-state index contributed by atoms with van der Waals surface area (Å²) in [4.78, 5) is 98.2. The topological polar surface area (TPSA) is 342 Å². The molecule has 0 radical (unpaired) electrons. The van der Waals surface area contributed by atoms with Gasteiger partial charge in [-0.3, -0.25) is 33.6 Å².